The first kappa shape index (κ1) is 12.6. The Kier molecular flexibility index (Phi) is 3.64. The van der Waals surface area contributed by atoms with E-state index in [1.54, 1.807) is 12.1 Å². The van der Waals surface area contributed by atoms with Gasteiger partial charge in [-0.3, -0.25) is 4.55 Å². The first-order chi connectivity index (χ1) is 8.55. The first-order valence-corrected chi connectivity index (χ1v) is 6.85. The average molecular weight is 263 g/mol. The van der Waals surface area contributed by atoms with Crippen molar-refractivity contribution in [2.75, 3.05) is 5.32 Å². The molecule has 94 valence electrons. The predicted octanol–water partition coefficient (Wildman–Crippen LogP) is 2.55. The third kappa shape index (κ3) is 3.32. The van der Waals surface area contributed by atoms with Gasteiger partial charge in [-0.05, 0) is 29.8 Å². The molecule has 2 aromatic carbocycles. The molecule has 0 bridgehead atoms. The molecule has 0 spiro atoms. The minimum absolute atomic E-state index is 0.0917. The summed E-state index contributed by atoms with van der Waals surface area (Å²) >= 11 is 0. The molecule has 0 saturated heterocycles. The van der Waals surface area contributed by atoms with Crippen LogP contribution >= 0.6 is 0 Å². The molecule has 18 heavy (non-hydrogen) atoms. The van der Waals surface area contributed by atoms with E-state index in [1.807, 2.05) is 30.3 Å². The van der Waals surface area contributed by atoms with Gasteiger partial charge in [0.2, 0.25) is 0 Å². The Morgan fingerprint density at radius 2 is 1.56 bits per heavy atom. The minimum Gasteiger partial charge on any atom is -0.381 e. The summed E-state index contributed by atoms with van der Waals surface area (Å²) in [6, 6.07) is 15.8. The highest BCUT2D eigenvalue weighted by Crippen LogP contribution is 2.12. The van der Waals surface area contributed by atoms with Crippen molar-refractivity contribution in [2.24, 2.45) is 0 Å². The molecule has 0 aliphatic carbocycles. The van der Waals surface area contributed by atoms with Crippen molar-refractivity contribution in [1.29, 1.82) is 0 Å². The van der Waals surface area contributed by atoms with Crippen LogP contribution in [0.4, 0.5) is 5.69 Å². The Balaban J connectivity index is 2.03. The lowest BCUT2D eigenvalue weighted by Gasteiger charge is -2.06. The van der Waals surface area contributed by atoms with Crippen LogP contribution in [0.1, 0.15) is 5.56 Å². The van der Waals surface area contributed by atoms with Crippen molar-refractivity contribution in [3.8, 4) is 0 Å². The molecule has 2 aromatic rings. The van der Waals surface area contributed by atoms with Crippen LogP contribution in [0, 0.1) is 0 Å². The van der Waals surface area contributed by atoms with Crippen LogP contribution in [0.25, 0.3) is 0 Å². The van der Waals surface area contributed by atoms with Crippen molar-refractivity contribution in [3.05, 3.63) is 60.2 Å². The quantitative estimate of drug-likeness (QED) is 0.832. The van der Waals surface area contributed by atoms with Crippen molar-refractivity contribution in [3.63, 3.8) is 0 Å². The van der Waals surface area contributed by atoms with Gasteiger partial charge in [-0.25, -0.2) is 0 Å². The summed E-state index contributed by atoms with van der Waals surface area (Å²) in [6.45, 7) is 0.593. The maximum atomic E-state index is 10.9. The van der Waals surface area contributed by atoms with E-state index < -0.39 is 10.1 Å². The average Bonchev–Trinajstić information content (AvgIpc) is 2.37. The van der Waals surface area contributed by atoms with E-state index in [1.165, 1.54) is 12.1 Å². The molecular weight excluding hydrogens is 250 g/mol. The van der Waals surface area contributed by atoms with Crippen LogP contribution in [0.5, 0.6) is 0 Å². The zero-order valence-corrected chi connectivity index (χ0v) is 10.4. The Morgan fingerprint density at radius 3 is 2.11 bits per heavy atom. The maximum Gasteiger partial charge on any atom is 0.294 e. The van der Waals surface area contributed by atoms with Crippen LogP contribution in [0.15, 0.2) is 59.5 Å². The fraction of sp³-hybridized carbons (Fsp3) is 0.0769. The summed E-state index contributed by atoms with van der Waals surface area (Å²) in [7, 11) is -4.11. The van der Waals surface area contributed by atoms with Crippen molar-refractivity contribution in [1.82, 2.24) is 0 Å². The largest absolute Gasteiger partial charge is 0.381 e. The summed E-state index contributed by atoms with van der Waals surface area (Å²) in [6.07, 6.45) is 0. The highest BCUT2D eigenvalue weighted by atomic mass is 32.2. The molecule has 0 heterocycles. The Bertz CT molecular complexity index is 606. The third-order valence-electron chi connectivity index (χ3n) is 2.49. The number of para-hydroxylation sites is 1. The monoisotopic (exact) mass is 263 g/mol. The molecule has 0 radical (unpaired) electrons. The summed E-state index contributed by atoms with van der Waals surface area (Å²) < 4.78 is 30.6. The molecule has 2 N–H and O–H groups in total. The highest BCUT2D eigenvalue weighted by molar-refractivity contribution is 7.85. The minimum atomic E-state index is -4.11. The molecule has 4 nitrogen and oxygen atoms in total. The van der Waals surface area contributed by atoms with Crippen LogP contribution in [-0.4, -0.2) is 13.0 Å². The molecule has 0 saturated carbocycles. The Morgan fingerprint density at radius 1 is 0.944 bits per heavy atom. The molecular formula is C13H13NO3S. The van der Waals surface area contributed by atoms with Gasteiger partial charge in [-0.2, -0.15) is 8.42 Å². The van der Waals surface area contributed by atoms with Crippen LogP contribution in [-0.2, 0) is 16.7 Å². The molecule has 0 atom stereocenters. The molecule has 0 aliphatic heterocycles. The van der Waals surface area contributed by atoms with Gasteiger partial charge >= 0.3 is 0 Å². The van der Waals surface area contributed by atoms with Crippen LogP contribution in [0.3, 0.4) is 0 Å². The molecule has 0 unspecified atom stereocenters. The van der Waals surface area contributed by atoms with Gasteiger partial charge in [0.05, 0.1) is 4.90 Å². The second kappa shape index (κ2) is 5.20. The van der Waals surface area contributed by atoms with Gasteiger partial charge in [-0.1, -0.05) is 30.3 Å². The molecule has 0 amide bonds. The SMILES string of the molecule is O=S(=O)(O)c1ccc(CNc2ccccc2)cc1. The van der Waals surface area contributed by atoms with Crippen LogP contribution in [0.2, 0.25) is 0 Å². The zero-order valence-electron chi connectivity index (χ0n) is 9.58. The van der Waals surface area contributed by atoms with Gasteiger partial charge in [0.15, 0.2) is 0 Å². The van der Waals surface area contributed by atoms with Crippen LogP contribution < -0.4 is 5.32 Å². The van der Waals surface area contributed by atoms with Gasteiger partial charge in [0.1, 0.15) is 0 Å². The summed E-state index contributed by atoms with van der Waals surface area (Å²) in [5.41, 5.74) is 1.93. The first-order valence-electron chi connectivity index (χ1n) is 5.41. The molecule has 0 aliphatic rings. The smallest absolute Gasteiger partial charge is 0.294 e. The van der Waals surface area contributed by atoms with Gasteiger partial charge in [0.25, 0.3) is 10.1 Å². The number of benzene rings is 2. The molecule has 0 aromatic heterocycles. The van der Waals surface area contributed by atoms with Crippen molar-refractivity contribution >= 4 is 15.8 Å². The van der Waals surface area contributed by atoms with E-state index in [-0.39, 0.29) is 4.90 Å². The third-order valence-corrected chi connectivity index (χ3v) is 3.36. The zero-order chi connectivity index (χ0) is 13.0. The summed E-state index contributed by atoms with van der Waals surface area (Å²) in [5.74, 6) is 0. The number of nitrogens with one attached hydrogen (secondary N) is 1. The van der Waals surface area contributed by atoms with Gasteiger partial charge in [0, 0.05) is 12.2 Å². The Labute approximate surface area is 106 Å². The fourth-order valence-electron chi connectivity index (χ4n) is 1.54. The fourth-order valence-corrected chi connectivity index (χ4v) is 2.02. The van der Waals surface area contributed by atoms with E-state index in [0.717, 1.165) is 11.3 Å². The standard InChI is InChI=1S/C13H13NO3S/c15-18(16,17)13-8-6-11(7-9-13)10-14-12-4-2-1-3-5-12/h1-9,14H,10H2,(H,15,16,17). The van der Waals surface area contributed by atoms with Gasteiger partial charge < -0.3 is 5.32 Å². The number of hydrogen-bond donors (Lipinski definition) is 2. The predicted molar refractivity (Wildman–Crippen MR) is 70.0 cm³/mol. The second-order valence-corrected chi connectivity index (χ2v) is 5.26. The van der Waals surface area contributed by atoms with E-state index >= 15 is 0 Å². The van der Waals surface area contributed by atoms with E-state index in [4.69, 9.17) is 4.55 Å². The Hall–Kier alpha value is -1.85. The molecule has 0 fully saturated rings. The topological polar surface area (TPSA) is 66.4 Å². The lowest BCUT2D eigenvalue weighted by atomic mass is 10.2. The second-order valence-electron chi connectivity index (χ2n) is 3.84. The van der Waals surface area contributed by atoms with E-state index in [9.17, 15) is 8.42 Å². The van der Waals surface area contributed by atoms with Crippen molar-refractivity contribution < 1.29 is 13.0 Å². The molecule has 2 rings (SSSR count). The molecule has 5 heteroatoms. The number of anilines is 1. The lowest BCUT2D eigenvalue weighted by Crippen LogP contribution is -2.01. The number of rotatable bonds is 4. The normalized spacial score (nSPS) is 11.2. The highest BCUT2D eigenvalue weighted by Gasteiger charge is 2.07. The number of hydrogen-bond acceptors (Lipinski definition) is 3. The van der Waals surface area contributed by atoms with E-state index in [0.29, 0.717) is 6.54 Å². The van der Waals surface area contributed by atoms with E-state index in [2.05, 4.69) is 5.32 Å². The summed E-state index contributed by atoms with van der Waals surface area (Å²) in [4.78, 5) is -0.0917. The van der Waals surface area contributed by atoms with Crippen molar-refractivity contribution in [2.45, 2.75) is 11.4 Å². The van der Waals surface area contributed by atoms with Gasteiger partial charge in [-0.15, -0.1) is 0 Å². The maximum absolute atomic E-state index is 10.9. The summed E-state index contributed by atoms with van der Waals surface area (Å²) in [5, 5.41) is 3.21. The lowest BCUT2D eigenvalue weighted by molar-refractivity contribution is 0.483.